The Balaban J connectivity index is 1.75. The smallest absolute Gasteiger partial charge is 0.231 e. The van der Waals surface area contributed by atoms with E-state index in [0.717, 1.165) is 0 Å². The van der Waals surface area contributed by atoms with Crippen LogP contribution in [0.3, 0.4) is 0 Å². The van der Waals surface area contributed by atoms with Gasteiger partial charge in [-0.1, -0.05) is 6.08 Å². The quantitative estimate of drug-likeness (QED) is 0.583. The van der Waals surface area contributed by atoms with Gasteiger partial charge in [-0.25, -0.2) is 0 Å². The lowest BCUT2D eigenvalue weighted by Gasteiger charge is -2.22. The molecule has 6 nitrogen and oxygen atoms in total. The zero-order chi connectivity index (χ0) is 17.8. The summed E-state index contributed by atoms with van der Waals surface area (Å²) in [6, 6.07) is 5.15. The standard InChI is InChI=1S/C19H20O6/c1-21-17-8-12(9-18(22-2)19(17)23-3)4-6-14(20)13-5-7-15-16(10-13)25-11-24-15/h4-8,10,12H,9,11H2,1-3H3. The molecule has 0 amide bonds. The molecule has 0 aromatic heterocycles. The first-order chi connectivity index (χ1) is 12.2. The van der Waals surface area contributed by atoms with Crippen molar-refractivity contribution in [2.75, 3.05) is 28.1 Å². The van der Waals surface area contributed by atoms with Crippen LogP contribution in [0.5, 0.6) is 11.5 Å². The van der Waals surface area contributed by atoms with Gasteiger partial charge in [0.1, 0.15) is 5.76 Å². The van der Waals surface area contributed by atoms with Crippen LogP contribution in [-0.4, -0.2) is 33.9 Å². The highest BCUT2D eigenvalue weighted by atomic mass is 16.7. The summed E-state index contributed by atoms with van der Waals surface area (Å²) < 4.78 is 26.6. The number of hydrogen-bond acceptors (Lipinski definition) is 6. The minimum Gasteiger partial charge on any atom is -0.497 e. The van der Waals surface area contributed by atoms with Gasteiger partial charge in [-0.2, -0.15) is 0 Å². The van der Waals surface area contributed by atoms with E-state index in [9.17, 15) is 4.79 Å². The summed E-state index contributed by atoms with van der Waals surface area (Å²) in [6.07, 6.45) is 5.89. The lowest BCUT2D eigenvalue weighted by molar-refractivity contribution is 0.104. The molecule has 0 bridgehead atoms. The predicted molar refractivity (Wildman–Crippen MR) is 90.3 cm³/mol. The molecule has 3 rings (SSSR count). The van der Waals surface area contributed by atoms with Gasteiger partial charge in [0, 0.05) is 17.9 Å². The Morgan fingerprint density at radius 2 is 1.92 bits per heavy atom. The average molecular weight is 344 g/mol. The fourth-order valence-corrected chi connectivity index (χ4v) is 2.81. The molecule has 25 heavy (non-hydrogen) atoms. The molecule has 2 aliphatic rings. The highest BCUT2D eigenvalue weighted by Crippen LogP contribution is 2.33. The third-order valence-electron chi connectivity index (χ3n) is 4.09. The van der Waals surface area contributed by atoms with Gasteiger partial charge in [0.25, 0.3) is 0 Å². The second-order valence-corrected chi connectivity index (χ2v) is 5.55. The number of ketones is 1. The van der Waals surface area contributed by atoms with Crippen molar-refractivity contribution in [1.82, 2.24) is 0 Å². The topological polar surface area (TPSA) is 63.2 Å². The molecule has 1 aliphatic heterocycles. The van der Waals surface area contributed by atoms with Crippen molar-refractivity contribution in [3.63, 3.8) is 0 Å². The summed E-state index contributed by atoms with van der Waals surface area (Å²) in [5, 5.41) is 0. The third kappa shape index (κ3) is 3.47. The van der Waals surface area contributed by atoms with Crippen molar-refractivity contribution in [3.8, 4) is 11.5 Å². The van der Waals surface area contributed by atoms with Crippen LogP contribution in [0.4, 0.5) is 0 Å². The molecule has 1 atom stereocenters. The number of carbonyl (C=O) groups is 1. The maximum Gasteiger partial charge on any atom is 0.231 e. The van der Waals surface area contributed by atoms with E-state index in [4.69, 9.17) is 23.7 Å². The van der Waals surface area contributed by atoms with E-state index in [2.05, 4.69) is 0 Å². The summed E-state index contributed by atoms with van der Waals surface area (Å²) >= 11 is 0. The maximum atomic E-state index is 12.4. The van der Waals surface area contributed by atoms with Crippen LogP contribution < -0.4 is 9.47 Å². The van der Waals surface area contributed by atoms with E-state index >= 15 is 0 Å². The van der Waals surface area contributed by atoms with Crippen LogP contribution in [0.15, 0.2) is 53.7 Å². The van der Waals surface area contributed by atoms with Crippen molar-refractivity contribution >= 4 is 5.78 Å². The highest BCUT2D eigenvalue weighted by molar-refractivity contribution is 6.05. The molecule has 0 saturated heterocycles. The number of allylic oxidation sites excluding steroid dienone is 4. The van der Waals surface area contributed by atoms with Gasteiger partial charge in [-0.3, -0.25) is 4.79 Å². The van der Waals surface area contributed by atoms with Crippen LogP contribution in [0.1, 0.15) is 16.8 Å². The number of hydrogen-bond donors (Lipinski definition) is 0. The minimum absolute atomic E-state index is 0.0261. The van der Waals surface area contributed by atoms with Crippen molar-refractivity contribution in [1.29, 1.82) is 0 Å². The number of ether oxygens (including phenoxy) is 5. The zero-order valence-corrected chi connectivity index (χ0v) is 14.4. The van der Waals surface area contributed by atoms with Gasteiger partial charge < -0.3 is 23.7 Å². The van der Waals surface area contributed by atoms with Gasteiger partial charge in [0.05, 0.1) is 21.3 Å². The van der Waals surface area contributed by atoms with Crippen molar-refractivity contribution < 1.29 is 28.5 Å². The van der Waals surface area contributed by atoms with Crippen molar-refractivity contribution in [2.24, 2.45) is 5.92 Å². The van der Waals surface area contributed by atoms with Gasteiger partial charge in [0.15, 0.2) is 28.8 Å². The van der Waals surface area contributed by atoms with Crippen molar-refractivity contribution in [2.45, 2.75) is 6.42 Å². The van der Waals surface area contributed by atoms with Crippen LogP contribution in [0, 0.1) is 5.92 Å². The first-order valence-electron chi connectivity index (χ1n) is 7.85. The van der Waals surface area contributed by atoms with Crippen molar-refractivity contribution in [3.05, 3.63) is 59.3 Å². The Morgan fingerprint density at radius 3 is 2.64 bits per heavy atom. The second-order valence-electron chi connectivity index (χ2n) is 5.55. The van der Waals surface area contributed by atoms with E-state index in [1.807, 2.05) is 12.2 Å². The van der Waals surface area contributed by atoms with Crippen LogP contribution in [0.2, 0.25) is 0 Å². The van der Waals surface area contributed by atoms with E-state index in [1.54, 1.807) is 45.6 Å². The SMILES string of the molecule is COC1=CC(C=CC(=O)c2ccc3c(c2)OCO3)CC(OC)=C1OC. The summed E-state index contributed by atoms with van der Waals surface area (Å²) in [4.78, 5) is 12.4. The highest BCUT2D eigenvalue weighted by Gasteiger charge is 2.24. The van der Waals surface area contributed by atoms with Crippen LogP contribution in [-0.2, 0) is 14.2 Å². The first kappa shape index (κ1) is 17.0. The van der Waals surface area contributed by atoms with E-state index in [1.165, 1.54) is 0 Å². The second kappa shape index (κ2) is 7.34. The Morgan fingerprint density at radius 1 is 1.12 bits per heavy atom. The molecule has 1 aromatic carbocycles. The van der Waals surface area contributed by atoms with Gasteiger partial charge in [-0.05, 0) is 30.4 Å². The number of carbonyl (C=O) groups excluding carboxylic acids is 1. The molecule has 0 saturated carbocycles. The molecule has 0 radical (unpaired) electrons. The molecule has 1 aliphatic carbocycles. The lowest BCUT2D eigenvalue weighted by atomic mass is 9.95. The Kier molecular flexibility index (Phi) is 4.97. The zero-order valence-electron chi connectivity index (χ0n) is 14.4. The first-order valence-corrected chi connectivity index (χ1v) is 7.85. The number of benzene rings is 1. The lowest BCUT2D eigenvalue weighted by Crippen LogP contribution is -2.12. The molecule has 1 unspecified atom stereocenters. The summed E-state index contributed by atoms with van der Waals surface area (Å²) in [5.74, 6) is 2.97. The minimum atomic E-state index is -0.105. The molecule has 6 heteroatoms. The molecule has 0 fully saturated rings. The molecular formula is C19H20O6. The largest absolute Gasteiger partial charge is 0.497 e. The van der Waals surface area contributed by atoms with Crippen LogP contribution >= 0.6 is 0 Å². The molecule has 1 aromatic rings. The Hall–Kier alpha value is -2.89. The van der Waals surface area contributed by atoms with E-state index in [0.29, 0.717) is 40.8 Å². The van der Waals surface area contributed by atoms with Gasteiger partial charge in [0.2, 0.25) is 6.79 Å². The number of methoxy groups -OCH3 is 3. The normalized spacial score (nSPS) is 19.0. The third-order valence-corrected chi connectivity index (χ3v) is 4.09. The van der Waals surface area contributed by atoms with E-state index < -0.39 is 0 Å². The molecule has 0 N–H and O–H groups in total. The summed E-state index contributed by atoms with van der Waals surface area (Å²) in [6.45, 7) is 0.184. The fourth-order valence-electron chi connectivity index (χ4n) is 2.81. The molecule has 0 spiro atoms. The number of fused-ring (bicyclic) bond motifs is 1. The molecule has 132 valence electrons. The Bertz CT molecular complexity index is 759. The average Bonchev–Trinajstić information content (AvgIpc) is 3.12. The number of rotatable bonds is 6. The molecular weight excluding hydrogens is 324 g/mol. The molecule has 1 heterocycles. The summed E-state index contributed by atoms with van der Waals surface area (Å²) in [5.41, 5.74) is 0.548. The maximum absolute atomic E-state index is 12.4. The fraction of sp³-hybridized carbons (Fsp3) is 0.316. The Labute approximate surface area is 146 Å². The van der Waals surface area contributed by atoms with Gasteiger partial charge in [-0.15, -0.1) is 0 Å². The van der Waals surface area contributed by atoms with E-state index in [-0.39, 0.29) is 18.5 Å². The van der Waals surface area contributed by atoms with Crippen LogP contribution in [0.25, 0.3) is 0 Å². The summed E-state index contributed by atoms with van der Waals surface area (Å²) in [7, 11) is 4.73. The predicted octanol–water partition coefficient (Wildman–Crippen LogP) is 3.21. The van der Waals surface area contributed by atoms with Gasteiger partial charge >= 0.3 is 0 Å². The monoisotopic (exact) mass is 344 g/mol.